The van der Waals surface area contributed by atoms with Crippen molar-refractivity contribution in [1.82, 2.24) is 0 Å². The summed E-state index contributed by atoms with van der Waals surface area (Å²) in [6, 6.07) is 31.9. The largest absolute Gasteiger partial charge is 0.497 e. The highest BCUT2D eigenvalue weighted by Crippen LogP contribution is 2.19. The molecule has 6 heteroatoms. The second-order valence-corrected chi connectivity index (χ2v) is 8.88. The quantitative estimate of drug-likeness (QED) is 0.240. The predicted octanol–water partition coefficient (Wildman–Crippen LogP) is 7.02. The molecule has 0 heterocycles. The van der Waals surface area contributed by atoms with Gasteiger partial charge in [-0.1, -0.05) is 24.3 Å². The number of aliphatic imine (C=N–C) groups is 2. The number of hydrogen-bond acceptors (Lipinski definition) is 6. The lowest BCUT2D eigenvalue weighted by atomic mass is 10.2. The summed E-state index contributed by atoms with van der Waals surface area (Å²) in [5, 5.41) is 0. The normalized spacial score (nSPS) is 10.7. The first-order valence-corrected chi connectivity index (χ1v) is 12.3. The van der Waals surface area contributed by atoms with Gasteiger partial charge in [-0.15, -0.1) is 0 Å². The molecule has 0 saturated carbocycles. The Hall–Kier alpha value is -4.58. The van der Waals surface area contributed by atoms with Crippen molar-refractivity contribution in [2.24, 2.45) is 9.98 Å². The number of hydrogen-bond donors (Lipinski definition) is 0. The molecule has 38 heavy (non-hydrogen) atoms. The van der Waals surface area contributed by atoms with Crippen molar-refractivity contribution in [1.29, 1.82) is 0 Å². The smallest absolute Gasteiger partial charge is 0.119 e. The van der Waals surface area contributed by atoms with Crippen LogP contribution in [0.25, 0.3) is 0 Å². The average molecular weight is 509 g/mol. The van der Waals surface area contributed by atoms with Crippen LogP contribution in [0.5, 0.6) is 11.5 Å². The molecule has 0 aliphatic heterocycles. The summed E-state index contributed by atoms with van der Waals surface area (Å²) in [5.41, 5.74) is 6.36. The third-order valence-electron chi connectivity index (χ3n) is 5.69. The van der Waals surface area contributed by atoms with E-state index in [1.54, 1.807) is 14.2 Å². The van der Waals surface area contributed by atoms with E-state index in [4.69, 9.17) is 9.47 Å². The zero-order chi connectivity index (χ0) is 27.3. The van der Waals surface area contributed by atoms with Gasteiger partial charge in [0.15, 0.2) is 0 Å². The van der Waals surface area contributed by atoms with Crippen LogP contribution >= 0.6 is 0 Å². The minimum Gasteiger partial charge on any atom is -0.497 e. The summed E-state index contributed by atoms with van der Waals surface area (Å²) < 4.78 is 10.2. The number of rotatable bonds is 8. The Labute approximate surface area is 226 Å². The van der Waals surface area contributed by atoms with Gasteiger partial charge in [0.2, 0.25) is 0 Å². The van der Waals surface area contributed by atoms with Gasteiger partial charge in [0, 0.05) is 52.0 Å². The van der Waals surface area contributed by atoms with Gasteiger partial charge < -0.3 is 19.3 Å². The molecule has 0 aromatic heterocycles. The van der Waals surface area contributed by atoms with Crippen molar-refractivity contribution in [3.8, 4) is 11.5 Å². The highest BCUT2D eigenvalue weighted by Gasteiger charge is 1.96. The lowest BCUT2D eigenvalue weighted by molar-refractivity contribution is 0.415. The van der Waals surface area contributed by atoms with E-state index in [2.05, 4.69) is 68.3 Å². The Balaban J connectivity index is 0.000000211. The Morgan fingerprint density at radius 1 is 0.474 bits per heavy atom. The summed E-state index contributed by atoms with van der Waals surface area (Å²) in [7, 11) is 11.4. The highest BCUT2D eigenvalue weighted by atomic mass is 16.5. The zero-order valence-electron chi connectivity index (χ0n) is 23.0. The van der Waals surface area contributed by atoms with Crippen LogP contribution < -0.4 is 19.3 Å². The molecule has 0 atom stereocenters. The van der Waals surface area contributed by atoms with Crippen molar-refractivity contribution in [3.05, 3.63) is 108 Å². The molecule has 0 fully saturated rings. The molecule has 0 amide bonds. The molecule has 0 N–H and O–H groups in total. The summed E-state index contributed by atoms with van der Waals surface area (Å²) in [6.45, 7) is 0. The third-order valence-corrected chi connectivity index (χ3v) is 5.69. The first kappa shape index (κ1) is 28.0. The Kier molecular flexibility index (Phi) is 10.5. The molecule has 196 valence electrons. The van der Waals surface area contributed by atoms with E-state index in [9.17, 15) is 0 Å². The van der Waals surface area contributed by atoms with Crippen LogP contribution in [-0.4, -0.2) is 54.8 Å². The van der Waals surface area contributed by atoms with Crippen LogP contribution in [0.4, 0.5) is 22.7 Å². The molecular weight excluding hydrogens is 472 g/mol. The fourth-order valence-corrected chi connectivity index (χ4v) is 3.35. The van der Waals surface area contributed by atoms with Crippen molar-refractivity contribution < 1.29 is 9.47 Å². The lowest BCUT2D eigenvalue weighted by Gasteiger charge is -2.11. The maximum atomic E-state index is 5.11. The number of benzene rings is 4. The van der Waals surface area contributed by atoms with Crippen molar-refractivity contribution in [3.63, 3.8) is 0 Å². The molecule has 4 rings (SSSR count). The number of nitrogens with zero attached hydrogens (tertiary/aromatic N) is 4. The third kappa shape index (κ3) is 8.82. The monoisotopic (exact) mass is 508 g/mol. The fraction of sp³-hybridized carbons (Fsp3) is 0.188. The van der Waals surface area contributed by atoms with E-state index in [1.807, 2.05) is 89.2 Å². The van der Waals surface area contributed by atoms with Crippen LogP contribution in [0.15, 0.2) is 107 Å². The van der Waals surface area contributed by atoms with E-state index in [0.29, 0.717) is 0 Å². The topological polar surface area (TPSA) is 49.7 Å². The van der Waals surface area contributed by atoms with Crippen LogP contribution in [0, 0.1) is 0 Å². The maximum Gasteiger partial charge on any atom is 0.119 e. The van der Waals surface area contributed by atoms with E-state index in [-0.39, 0.29) is 0 Å². The number of ether oxygens (including phenoxy) is 2. The minimum atomic E-state index is 0.842. The summed E-state index contributed by atoms with van der Waals surface area (Å²) >= 11 is 0. The van der Waals surface area contributed by atoms with Crippen molar-refractivity contribution in [2.45, 2.75) is 0 Å². The van der Waals surface area contributed by atoms with E-state index in [1.165, 1.54) is 11.4 Å². The fourth-order valence-electron chi connectivity index (χ4n) is 3.35. The van der Waals surface area contributed by atoms with Gasteiger partial charge in [0.1, 0.15) is 11.5 Å². The molecule has 0 bridgehead atoms. The molecule has 0 radical (unpaired) electrons. The van der Waals surface area contributed by atoms with Crippen LogP contribution in [-0.2, 0) is 0 Å². The standard InChI is InChI=1S/2C16H18N2O/c2*1-18(2)15-8-4-13(5-9-15)12-17-14-6-10-16(19-3)11-7-14/h2*4-12H,1-3H3. The second-order valence-electron chi connectivity index (χ2n) is 8.88. The van der Waals surface area contributed by atoms with Gasteiger partial charge in [-0.05, 0) is 83.9 Å². The van der Waals surface area contributed by atoms with E-state index in [0.717, 1.165) is 34.0 Å². The van der Waals surface area contributed by atoms with Crippen molar-refractivity contribution in [2.75, 3.05) is 52.2 Å². The molecule has 6 nitrogen and oxygen atoms in total. The maximum absolute atomic E-state index is 5.11. The highest BCUT2D eigenvalue weighted by molar-refractivity contribution is 5.83. The van der Waals surface area contributed by atoms with Gasteiger partial charge in [-0.3, -0.25) is 9.98 Å². The van der Waals surface area contributed by atoms with E-state index >= 15 is 0 Å². The lowest BCUT2D eigenvalue weighted by Crippen LogP contribution is -2.08. The molecule has 4 aromatic carbocycles. The van der Waals surface area contributed by atoms with Crippen LogP contribution in [0.1, 0.15) is 11.1 Å². The molecular formula is C32H36N4O2. The van der Waals surface area contributed by atoms with Gasteiger partial charge in [-0.2, -0.15) is 0 Å². The Morgan fingerprint density at radius 2 is 0.789 bits per heavy atom. The minimum absolute atomic E-state index is 0.842. The van der Waals surface area contributed by atoms with Crippen LogP contribution in [0.3, 0.4) is 0 Å². The van der Waals surface area contributed by atoms with Crippen molar-refractivity contribution >= 4 is 35.2 Å². The molecule has 0 aliphatic carbocycles. The molecule has 0 unspecified atom stereocenters. The first-order chi connectivity index (χ1) is 18.4. The summed E-state index contributed by atoms with van der Waals surface area (Å²) in [4.78, 5) is 13.0. The predicted molar refractivity (Wildman–Crippen MR) is 162 cm³/mol. The Bertz CT molecular complexity index is 1190. The van der Waals surface area contributed by atoms with Gasteiger partial charge in [0.05, 0.1) is 25.6 Å². The number of anilines is 2. The van der Waals surface area contributed by atoms with E-state index < -0.39 is 0 Å². The molecule has 0 aliphatic rings. The SMILES string of the molecule is COc1ccc(N=Cc2ccc(N(C)C)cc2)cc1.COc1ccc(N=Cc2ccc(N(C)C)cc2)cc1. The second kappa shape index (κ2) is 14.2. The Morgan fingerprint density at radius 3 is 1.05 bits per heavy atom. The summed E-state index contributed by atoms with van der Waals surface area (Å²) in [6.07, 6.45) is 3.72. The van der Waals surface area contributed by atoms with Gasteiger partial charge in [0.25, 0.3) is 0 Å². The summed E-state index contributed by atoms with van der Waals surface area (Å²) in [5.74, 6) is 1.68. The first-order valence-electron chi connectivity index (χ1n) is 12.3. The van der Waals surface area contributed by atoms with Gasteiger partial charge >= 0.3 is 0 Å². The molecule has 0 spiro atoms. The molecule has 4 aromatic rings. The van der Waals surface area contributed by atoms with Gasteiger partial charge in [-0.25, -0.2) is 0 Å². The van der Waals surface area contributed by atoms with Crippen LogP contribution in [0.2, 0.25) is 0 Å². The number of methoxy groups -OCH3 is 2. The zero-order valence-corrected chi connectivity index (χ0v) is 23.0. The molecule has 0 saturated heterocycles. The average Bonchev–Trinajstić information content (AvgIpc) is 2.96.